The number of rotatable bonds is 4. The summed E-state index contributed by atoms with van der Waals surface area (Å²) in [5.74, 6) is -0.302. The number of aromatic nitrogens is 3. The van der Waals surface area contributed by atoms with Crippen LogP contribution < -0.4 is 10.1 Å². The average molecular weight is 244 g/mol. The first kappa shape index (κ1) is 12.0. The highest BCUT2D eigenvalue weighted by Gasteiger charge is 2.07. The minimum absolute atomic E-state index is 0.285. The molecular weight excluding hydrogens is 232 g/mol. The zero-order valence-electron chi connectivity index (χ0n) is 9.83. The molecule has 0 saturated heterocycles. The van der Waals surface area contributed by atoms with Crippen LogP contribution in [0.25, 0.3) is 0 Å². The van der Waals surface area contributed by atoms with E-state index in [2.05, 4.69) is 20.3 Å². The number of nitrogens with one attached hydrogen (secondary N) is 1. The molecule has 0 unspecified atom stereocenters. The van der Waals surface area contributed by atoms with Crippen LogP contribution in [-0.4, -0.2) is 27.5 Å². The molecule has 2 heterocycles. The summed E-state index contributed by atoms with van der Waals surface area (Å²) in [6.07, 6.45) is 4.53. The van der Waals surface area contributed by atoms with Gasteiger partial charge in [0.2, 0.25) is 0 Å². The van der Waals surface area contributed by atoms with Crippen molar-refractivity contribution < 1.29 is 9.53 Å². The molecule has 0 aliphatic carbocycles. The summed E-state index contributed by atoms with van der Waals surface area (Å²) in [4.78, 5) is 23.6. The molecule has 1 N–H and O–H groups in total. The largest absolute Gasteiger partial charge is 0.464 e. The lowest BCUT2D eigenvalue weighted by atomic mass is 10.3. The number of hydrogen-bond donors (Lipinski definition) is 1. The van der Waals surface area contributed by atoms with Gasteiger partial charge in [-0.3, -0.25) is 9.78 Å². The fourth-order valence-corrected chi connectivity index (χ4v) is 1.28. The third-order valence-corrected chi connectivity index (χ3v) is 2.06. The second kappa shape index (κ2) is 5.72. The molecule has 0 aromatic carbocycles. The van der Waals surface area contributed by atoms with E-state index >= 15 is 0 Å². The molecule has 0 bridgehead atoms. The number of amides is 1. The molecule has 6 heteroatoms. The van der Waals surface area contributed by atoms with E-state index in [0.29, 0.717) is 18.0 Å². The summed E-state index contributed by atoms with van der Waals surface area (Å²) in [7, 11) is 0. The molecule has 2 aromatic rings. The van der Waals surface area contributed by atoms with Gasteiger partial charge in [0.25, 0.3) is 5.91 Å². The number of nitrogens with zero attached hydrogens (tertiary/aromatic N) is 3. The molecule has 0 aliphatic rings. The second-order valence-electron chi connectivity index (χ2n) is 3.36. The Morgan fingerprint density at radius 3 is 2.67 bits per heavy atom. The van der Waals surface area contributed by atoms with E-state index in [1.54, 1.807) is 24.4 Å². The van der Waals surface area contributed by atoms with E-state index in [4.69, 9.17) is 4.74 Å². The molecule has 0 aliphatic heterocycles. The zero-order chi connectivity index (χ0) is 12.8. The maximum absolute atomic E-state index is 11.8. The first-order valence-electron chi connectivity index (χ1n) is 5.47. The fraction of sp³-hybridized carbons (Fsp3) is 0.167. The van der Waals surface area contributed by atoms with Crippen molar-refractivity contribution in [2.45, 2.75) is 6.92 Å². The van der Waals surface area contributed by atoms with Crippen LogP contribution in [0.1, 0.15) is 17.4 Å². The second-order valence-corrected chi connectivity index (χ2v) is 3.36. The lowest BCUT2D eigenvalue weighted by Gasteiger charge is -2.04. The standard InChI is InChI=1S/C12H12N4O2/c1-2-18-12-14-7-9(8-15-12)16-11(17)10-5-3-4-6-13-10/h3-8H,2H2,1H3,(H,16,17). The van der Waals surface area contributed by atoms with E-state index < -0.39 is 0 Å². The topological polar surface area (TPSA) is 77.0 Å². The minimum Gasteiger partial charge on any atom is -0.464 e. The molecule has 0 saturated carbocycles. The van der Waals surface area contributed by atoms with Crippen LogP contribution in [0.15, 0.2) is 36.8 Å². The maximum Gasteiger partial charge on any atom is 0.316 e. The first-order valence-corrected chi connectivity index (χ1v) is 5.47. The van der Waals surface area contributed by atoms with E-state index in [9.17, 15) is 4.79 Å². The minimum atomic E-state index is -0.302. The fourth-order valence-electron chi connectivity index (χ4n) is 1.28. The molecule has 1 amide bonds. The van der Waals surface area contributed by atoms with Gasteiger partial charge in [-0.2, -0.15) is 0 Å². The molecule has 2 aromatic heterocycles. The van der Waals surface area contributed by atoms with E-state index in [0.717, 1.165) is 0 Å². The van der Waals surface area contributed by atoms with Crippen molar-refractivity contribution in [1.29, 1.82) is 0 Å². The van der Waals surface area contributed by atoms with Crippen molar-refractivity contribution in [1.82, 2.24) is 15.0 Å². The quantitative estimate of drug-likeness (QED) is 0.882. The van der Waals surface area contributed by atoms with Crippen molar-refractivity contribution in [2.24, 2.45) is 0 Å². The smallest absolute Gasteiger partial charge is 0.316 e. The highest BCUT2D eigenvalue weighted by atomic mass is 16.5. The third-order valence-electron chi connectivity index (χ3n) is 2.06. The van der Waals surface area contributed by atoms with E-state index in [-0.39, 0.29) is 11.9 Å². The first-order chi connectivity index (χ1) is 8.79. The summed E-state index contributed by atoms with van der Waals surface area (Å²) in [5.41, 5.74) is 0.834. The van der Waals surface area contributed by atoms with Crippen molar-refractivity contribution >= 4 is 11.6 Å². The van der Waals surface area contributed by atoms with Gasteiger partial charge in [-0.05, 0) is 19.1 Å². The summed E-state index contributed by atoms with van der Waals surface area (Å²) < 4.78 is 5.10. The lowest BCUT2D eigenvalue weighted by molar-refractivity contribution is 0.102. The van der Waals surface area contributed by atoms with Crippen molar-refractivity contribution in [3.63, 3.8) is 0 Å². The summed E-state index contributed by atoms with van der Waals surface area (Å²) in [6, 6.07) is 5.41. The Bertz CT molecular complexity index is 513. The number of carbonyl (C=O) groups is 1. The lowest BCUT2D eigenvalue weighted by Crippen LogP contribution is -2.13. The Morgan fingerprint density at radius 1 is 1.28 bits per heavy atom. The van der Waals surface area contributed by atoms with Gasteiger partial charge in [0.05, 0.1) is 24.7 Å². The number of hydrogen-bond acceptors (Lipinski definition) is 5. The van der Waals surface area contributed by atoms with Gasteiger partial charge in [0.15, 0.2) is 0 Å². The highest BCUT2D eigenvalue weighted by molar-refractivity contribution is 6.02. The highest BCUT2D eigenvalue weighted by Crippen LogP contribution is 2.08. The summed E-state index contributed by atoms with van der Waals surface area (Å²) in [6.45, 7) is 2.35. The Morgan fingerprint density at radius 2 is 2.06 bits per heavy atom. The predicted octanol–water partition coefficient (Wildman–Crippen LogP) is 1.52. The van der Waals surface area contributed by atoms with E-state index in [1.807, 2.05) is 6.92 Å². The Labute approximate surface area is 104 Å². The van der Waals surface area contributed by atoms with Crippen LogP contribution in [-0.2, 0) is 0 Å². The molecular formula is C12H12N4O2. The zero-order valence-corrected chi connectivity index (χ0v) is 9.83. The van der Waals surface area contributed by atoms with Crippen LogP contribution in [0.5, 0.6) is 6.01 Å². The Balaban J connectivity index is 2.03. The number of anilines is 1. The van der Waals surface area contributed by atoms with Crippen LogP contribution in [0.3, 0.4) is 0 Å². The van der Waals surface area contributed by atoms with Gasteiger partial charge < -0.3 is 10.1 Å². The van der Waals surface area contributed by atoms with Crippen LogP contribution in [0.4, 0.5) is 5.69 Å². The van der Waals surface area contributed by atoms with Crippen molar-refractivity contribution in [2.75, 3.05) is 11.9 Å². The van der Waals surface area contributed by atoms with Crippen LogP contribution >= 0.6 is 0 Å². The van der Waals surface area contributed by atoms with Crippen LogP contribution in [0, 0.1) is 0 Å². The molecule has 92 valence electrons. The van der Waals surface area contributed by atoms with E-state index in [1.165, 1.54) is 12.4 Å². The van der Waals surface area contributed by atoms with Gasteiger partial charge in [0, 0.05) is 6.20 Å². The molecule has 0 atom stereocenters. The Hall–Kier alpha value is -2.50. The van der Waals surface area contributed by atoms with Crippen molar-refractivity contribution in [3.8, 4) is 6.01 Å². The van der Waals surface area contributed by atoms with Gasteiger partial charge >= 0.3 is 6.01 Å². The number of ether oxygens (including phenoxy) is 1. The van der Waals surface area contributed by atoms with Crippen molar-refractivity contribution in [3.05, 3.63) is 42.5 Å². The normalized spacial score (nSPS) is 9.83. The van der Waals surface area contributed by atoms with Gasteiger partial charge in [-0.25, -0.2) is 9.97 Å². The average Bonchev–Trinajstić information content (AvgIpc) is 2.42. The molecule has 2 rings (SSSR count). The number of carbonyl (C=O) groups excluding carboxylic acids is 1. The monoisotopic (exact) mass is 244 g/mol. The maximum atomic E-state index is 11.8. The molecule has 6 nitrogen and oxygen atoms in total. The summed E-state index contributed by atoms with van der Waals surface area (Å²) in [5, 5.41) is 2.65. The van der Waals surface area contributed by atoms with Crippen LogP contribution in [0.2, 0.25) is 0 Å². The third kappa shape index (κ3) is 3.00. The summed E-state index contributed by atoms with van der Waals surface area (Å²) >= 11 is 0. The van der Waals surface area contributed by atoms with Gasteiger partial charge in [-0.15, -0.1) is 0 Å². The van der Waals surface area contributed by atoms with Gasteiger partial charge in [-0.1, -0.05) is 6.07 Å². The SMILES string of the molecule is CCOc1ncc(NC(=O)c2ccccn2)cn1. The molecule has 0 fully saturated rings. The molecule has 18 heavy (non-hydrogen) atoms. The Kier molecular flexibility index (Phi) is 3.80. The molecule has 0 radical (unpaired) electrons. The number of pyridine rings is 1. The molecule has 0 spiro atoms. The van der Waals surface area contributed by atoms with Gasteiger partial charge in [0.1, 0.15) is 5.69 Å². The predicted molar refractivity (Wildman–Crippen MR) is 65.4 cm³/mol.